The van der Waals surface area contributed by atoms with Crippen LogP contribution in [0.5, 0.6) is 0 Å². The van der Waals surface area contributed by atoms with Gasteiger partial charge in [0.15, 0.2) is 0 Å². The SMILES string of the molecule is c1ccc(-c2ccc3oc4c5ccccc5c5c(c6cc(-c7ccccc7)ccc6n5-c5ccccc5)c4c3c2)cc1.c1ccc(N(c2ccccc2)c2ccc(-c3ccc4oc5c6ccccc6c6c(c7ccccc7n6-c6ccccc6)c5c4c3)cc2)cc1. The van der Waals surface area contributed by atoms with E-state index < -0.39 is 0 Å². The van der Waals surface area contributed by atoms with Crippen LogP contribution in [0.25, 0.3) is 154 Å². The average Bonchev–Trinajstić information content (AvgIpc) is 1.56. The molecule has 91 heavy (non-hydrogen) atoms. The Hall–Kier alpha value is -12.2. The third-order valence-electron chi connectivity index (χ3n) is 18.3. The van der Waals surface area contributed by atoms with Gasteiger partial charge in [0.2, 0.25) is 0 Å². The van der Waals surface area contributed by atoms with Crippen LogP contribution in [0.15, 0.2) is 342 Å². The Kier molecular flexibility index (Phi) is 12.2. The number of benzene rings is 15. The normalized spacial score (nSPS) is 11.7. The van der Waals surface area contributed by atoms with Crippen LogP contribution in [0.4, 0.5) is 17.1 Å². The molecule has 0 N–H and O–H groups in total. The Balaban J connectivity index is 0.000000136. The third kappa shape index (κ3) is 8.47. The monoisotopic (exact) mass is 1160 g/mol. The molecule has 0 radical (unpaired) electrons. The standard InChI is InChI=1S/C46H30N2O.C40H25NO/c1-4-14-33(15-5-1)47(34-16-6-2-7-17-34)36-27-24-31(25-28-36)32-26-29-42-40(30-32)44-43-39-22-12-13-23-41(39)48(35-18-8-3-9-19-35)45(43)37-20-10-11-21-38(37)46(44)49-42;1-4-12-26(13-5-1)28-20-22-35-33(24-28)37-38-34-25-29(27-14-6-2-7-15-27)21-23-36(34)42-40(38)32-19-11-10-18-31(32)39(37)41(35)30-16-8-3-9-17-30/h1-30H;1-25H. The van der Waals surface area contributed by atoms with E-state index in [0.717, 1.165) is 88.8 Å². The molecule has 0 aliphatic rings. The lowest BCUT2D eigenvalue weighted by Gasteiger charge is -2.25. The maximum absolute atomic E-state index is 6.76. The third-order valence-corrected chi connectivity index (χ3v) is 18.3. The topological polar surface area (TPSA) is 39.4 Å². The van der Waals surface area contributed by atoms with E-state index in [0.29, 0.717) is 0 Å². The lowest BCUT2D eigenvalue weighted by molar-refractivity contribution is 0.672. The Morgan fingerprint density at radius 3 is 1.02 bits per heavy atom. The second-order valence-corrected chi connectivity index (χ2v) is 23.4. The van der Waals surface area contributed by atoms with Crippen molar-refractivity contribution in [2.24, 2.45) is 0 Å². The van der Waals surface area contributed by atoms with E-state index >= 15 is 0 Å². The molecule has 15 aromatic carbocycles. The summed E-state index contributed by atoms with van der Waals surface area (Å²) in [6, 6.07) is 119. The molecule has 4 aromatic heterocycles. The van der Waals surface area contributed by atoms with Crippen LogP contribution in [0.3, 0.4) is 0 Å². The first-order valence-electron chi connectivity index (χ1n) is 31.1. The van der Waals surface area contributed by atoms with Crippen LogP contribution in [0.1, 0.15) is 0 Å². The fourth-order valence-corrected chi connectivity index (χ4v) is 14.3. The van der Waals surface area contributed by atoms with Crippen molar-refractivity contribution in [1.82, 2.24) is 9.13 Å². The largest absolute Gasteiger partial charge is 0.455 e. The zero-order chi connectivity index (χ0) is 59.9. The highest BCUT2D eigenvalue weighted by Gasteiger charge is 2.26. The summed E-state index contributed by atoms with van der Waals surface area (Å²) in [6.07, 6.45) is 0. The zero-order valence-electron chi connectivity index (χ0n) is 49.4. The van der Waals surface area contributed by atoms with Crippen molar-refractivity contribution in [2.45, 2.75) is 0 Å². The number of rotatable bonds is 8. The molecule has 19 rings (SSSR count). The second-order valence-electron chi connectivity index (χ2n) is 23.4. The maximum atomic E-state index is 6.76. The minimum atomic E-state index is 0.892. The van der Waals surface area contributed by atoms with Crippen molar-refractivity contribution in [3.63, 3.8) is 0 Å². The van der Waals surface area contributed by atoms with E-state index in [1.54, 1.807) is 0 Å². The number of anilines is 3. The minimum Gasteiger partial charge on any atom is -0.455 e. The van der Waals surface area contributed by atoms with E-state index in [1.807, 2.05) is 0 Å². The quantitative estimate of drug-likeness (QED) is 0.152. The van der Waals surface area contributed by atoms with Gasteiger partial charge in [-0.1, -0.05) is 231 Å². The lowest BCUT2D eigenvalue weighted by atomic mass is 9.96. The Labute approximate surface area is 524 Å². The van der Waals surface area contributed by atoms with Crippen LogP contribution >= 0.6 is 0 Å². The van der Waals surface area contributed by atoms with Gasteiger partial charge in [0.05, 0.1) is 22.1 Å². The molecule has 0 saturated heterocycles. The summed E-state index contributed by atoms with van der Waals surface area (Å²) in [4.78, 5) is 2.29. The average molecular weight is 1160 g/mol. The van der Waals surface area contributed by atoms with Gasteiger partial charge in [-0.2, -0.15) is 0 Å². The summed E-state index contributed by atoms with van der Waals surface area (Å²) in [6.45, 7) is 0. The zero-order valence-corrected chi connectivity index (χ0v) is 49.4. The van der Waals surface area contributed by atoms with Crippen molar-refractivity contribution >= 4 is 126 Å². The van der Waals surface area contributed by atoms with Crippen molar-refractivity contribution < 1.29 is 8.83 Å². The van der Waals surface area contributed by atoms with Gasteiger partial charge < -0.3 is 22.9 Å². The Morgan fingerprint density at radius 1 is 0.220 bits per heavy atom. The molecular weight excluding hydrogens is 1110 g/mol. The van der Waals surface area contributed by atoms with Crippen molar-refractivity contribution in [1.29, 1.82) is 0 Å². The number of aromatic nitrogens is 2. The Bertz CT molecular complexity index is 5930. The molecule has 0 fully saturated rings. The fourth-order valence-electron chi connectivity index (χ4n) is 14.3. The van der Waals surface area contributed by atoms with Crippen LogP contribution in [0.2, 0.25) is 0 Å². The highest BCUT2D eigenvalue weighted by Crippen LogP contribution is 2.50. The maximum Gasteiger partial charge on any atom is 0.144 e. The van der Waals surface area contributed by atoms with E-state index in [9.17, 15) is 0 Å². The Morgan fingerprint density at radius 2 is 0.549 bits per heavy atom. The molecule has 0 spiro atoms. The number of hydrogen-bond donors (Lipinski definition) is 0. The lowest BCUT2D eigenvalue weighted by Crippen LogP contribution is -2.09. The van der Waals surface area contributed by atoms with Crippen LogP contribution in [0, 0.1) is 0 Å². The summed E-state index contributed by atoms with van der Waals surface area (Å²) in [5, 5.41) is 14.1. The molecule has 0 bridgehead atoms. The smallest absolute Gasteiger partial charge is 0.144 e. The van der Waals surface area contributed by atoms with Crippen molar-refractivity contribution in [3.8, 4) is 44.8 Å². The van der Waals surface area contributed by atoms with E-state index in [1.165, 1.54) is 82.0 Å². The molecule has 0 saturated carbocycles. The van der Waals surface area contributed by atoms with Gasteiger partial charge in [-0.3, -0.25) is 0 Å². The van der Waals surface area contributed by atoms with E-state index in [4.69, 9.17) is 8.83 Å². The molecule has 4 heterocycles. The van der Waals surface area contributed by atoms with E-state index in [2.05, 4.69) is 348 Å². The van der Waals surface area contributed by atoms with Gasteiger partial charge in [-0.15, -0.1) is 0 Å². The molecule has 426 valence electrons. The molecule has 0 aliphatic carbocycles. The van der Waals surface area contributed by atoms with Gasteiger partial charge in [-0.25, -0.2) is 0 Å². The van der Waals surface area contributed by atoms with Gasteiger partial charge in [-0.05, 0) is 137 Å². The van der Waals surface area contributed by atoms with Crippen LogP contribution < -0.4 is 4.90 Å². The van der Waals surface area contributed by atoms with Crippen molar-refractivity contribution in [3.05, 3.63) is 334 Å². The summed E-state index contributed by atoms with van der Waals surface area (Å²) in [5.41, 5.74) is 21.2. The number of hydrogen-bond acceptors (Lipinski definition) is 3. The molecule has 5 nitrogen and oxygen atoms in total. The predicted octanol–water partition coefficient (Wildman–Crippen LogP) is 24.1. The first kappa shape index (κ1) is 52.0. The van der Waals surface area contributed by atoms with E-state index in [-0.39, 0.29) is 0 Å². The number of fused-ring (bicyclic) bond motifs is 20. The molecule has 19 aromatic rings. The second kappa shape index (κ2) is 21.3. The van der Waals surface area contributed by atoms with Gasteiger partial charge >= 0.3 is 0 Å². The van der Waals surface area contributed by atoms with Crippen LogP contribution in [-0.2, 0) is 0 Å². The van der Waals surface area contributed by atoms with Gasteiger partial charge in [0.1, 0.15) is 22.3 Å². The molecule has 0 aliphatic heterocycles. The molecule has 0 amide bonds. The van der Waals surface area contributed by atoms with Crippen molar-refractivity contribution in [2.75, 3.05) is 4.90 Å². The van der Waals surface area contributed by atoms with Gasteiger partial charge in [0.25, 0.3) is 0 Å². The molecule has 0 unspecified atom stereocenters. The summed E-state index contributed by atoms with van der Waals surface area (Å²) < 4.78 is 18.3. The predicted molar refractivity (Wildman–Crippen MR) is 382 cm³/mol. The van der Waals surface area contributed by atoms with Gasteiger partial charge in [0, 0.05) is 93.1 Å². The highest BCUT2D eigenvalue weighted by atomic mass is 16.3. The molecular formula is C86H55N3O2. The summed E-state index contributed by atoms with van der Waals surface area (Å²) in [7, 11) is 0. The number of furan rings is 2. The number of nitrogens with zero attached hydrogens (tertiary/aromatic N) is 3. The summed E-state index contributed by atoms with van der Waals surface area (Å²) in [5.74, 6) is 0. The molecule has 0 atom stereocenters. The summed E-state index contributed by atoms with van der Waals surface area (Å²) >= 11 is 0. The van der Waals surface area contributed by atoms with Crippen LogP contribution in [-0.4, -0.2) is 9.13 Å². The molecule has 5 heteroatoms. The minimum absolute atomic E-state index is 0.892. The number of para-hydroxylation sites is 5. The first-order chi connectivity index (χ1) is 45.2. The highest BCUT2D eigenvalue weighted by molar-refractivity contribution is 6.38. The first-order valence-corrected chi connectivity index (χ1v) is 31.1. The fraction of sp³-hybridized carbons (Fsp3) is 0.